The topological polar surface area (TPSA) is 134 Å². The third-order valence-corrected chi connectivity index (χ3v) is 4.90. The van der Waals surface area contributed by atoms with E-state index in [2.05, 4.69) is 20.6 Å². The van der Waals surface area contributed by atoms with Crippen LogP contribution in [0.3, 0.4) is 0 Å². The van der Waals surface area contributed by atoms with Gasteiger partial charge >= 0.3 is 12.2 Å². The number of benzene rings is 1. The molecule has 0 aliphatic heterocycles. The van der Waals surface area contributed by atoms with Gasteiger partial charge in [-0.25, -0.2) is 14.6 Å². The second kappa shape index (κ2) is 11.5. The second-order valence-corrected chi connectivity index (χ2v) is 9.20. The van der Waals surface area contributed by atoms with Crippen LogP contribution in [-0.2, 0) is 17.8 Å². The maximum Gasteiger partial charge on any atom is 0.412 e. The van der Waals surface area contributed by atoms with Gasteiger partial charge in [0.05, 0.1) is 12.2 Å². The minimum absolute atomic E-state index is 0.0518. The van der Waals surface area contributed by atoms with Crippen molar-refractivity contribution < 1.29 is 24.2 Å². The van der Waals surface area contributed by atoms with E-state index in [4.69, 9.17) is 16.3 Å². The highest BCUT2D eigenvalue weighted by Crippen LogP contribution is 2.24. The Bertz CT molecular complexity index is 1230. The van der Waals surface area contributed by atoms with Crippen LogP contribution in [0.1, 0.15) is 42.3 Å². The number of carboxylic acid groups (broad SMARTS) is 1. The molecule has 1 aromatic carbocycles. The smallest absolute Gasteiger partial charge is 0.412 e. The lowest BCUT2D eigenvalue weighted by atomic mass is 10.1. The van der Waals surface area contributed by atoms with Crippen LogP contribution in [0.2, 0.25) is 5.15 Å². The first-order valence-electron chi connectivity index (χ1n) is 10.9. The lowest BCUT2D eigenvalue weighted by Crippen LogP contribution is -2.28. The minimum Gasteiger partial charge on any atom is -0.465 e. The van der Waals surface area contributed by atoms with Gasteiger partial charge in [-0.05, 0) is 62.2 Å². The molecule has 3 rings (SSSR count). The summed E-state index contributed by atoms with van der Waals surface area (Å²) >= 11 is 5.98. The molecule has 0 radical (unpaired) electrons. The maximum atomic E-state index is 12.8. The number of anilines is 2. The van der Waals surface area contributed by atoms with Gasteiger partial charge in [0.15, 0.2) is 5.82 Å². The molecule has 2 heterocycles. The highest BCUT2D eigenvalue weighted by Gasteiger charge is 2.19. The molecule has 3 aromatic rings. The van der Waals surface area contributed by atoms with Crippen molar-refractivity contribution in [2.24, 2.45) is 0 Å². The van der Waals surface area contributed by atoms with Crippen LogP contribution in [0, 0.1) is 0 Å². The van der Waals surface area contributed by atoms with Gasteiger partial charge in [0.1, 0.15) is 10.8 Å². The number of hydrogen-bond donors (Lipinski definition) is 3. The molecule has 3 N–H and O–H groups in total. The number of carbonyl (C=O) groups is 3. The van der Waals surface area contributed by atoms with Crippen molar-refractivity contribution in [2.45, 2.75) is 39.5 Å². The summed E-state index contributed by atoms with van der Waals surface area (Å²) < 4.78 is 5.24. The number of carbonyl (C=O) groups excluding carboxylic acids is 2. The van der Waals surface area contributed by atoms with E-state index in [1.54, 1.807) is 69.6 Å². The van der Waals surface area contributed by atoms with Gasteiger partial charge in [-0.2, -0.15) is 0 Å². The molecule has 0 bridgehead atoms. The van der Waals surface area contributed by atoms with Crippen molar-refractivity contribution in [3.05, 3.63) is 82.8 Å². The largest absolute Gasteiger partial charge is 0.465 e. The molecular weight excluding hydrogens is 486 g/mol. The molecule has 0 saturated heterocycles. The first-order valence-corrected chi connectivity index (χ1v) is 11.3. The molecule has 0 unspecified atom stereocenters. The molecule has 36 heavy (non-hydrogen) atoms. The Morgan fingerprint density at radius 2 is 1.69 bits per heavy atom. The Balaban J connectivity index is 1.69. The average Bonchev–Trinajstić information content (AvgIpc) is 2.80. The van der Waals surface area contributed by atoms with Crippen LogP contribution in [0.5, 0.6) is 0 Å². The Kier molecular flexibility index (Phi) is 8.44. The molecule has 10 nitrogen and oxygen atoms in total. The zero-order valence-electron chi connectivity index (χ0n) is 20.0. The highest BCUT2D eigenvalue weighted by molar-refractivity contribution is 6.29. The number of pyridine rings is 2. The van der Waals surface area contributed by atoms with E-state index >= 15 is 0 Å². The first kappa shape index (κ1) is 26.4. The Hall–Kier alpha value is -4.18. The van der Waals surface area contributed by atoms with E-state index in [1.807, 2.05) is 0 Å². The molecule has 0 aliphatic carbocycles. The lowest BCUT2D eigenvalue weighted by Gasteiger charge is -2.20. The number of aromatic nitrogens is 2. The molecular formula is C25H26ClN5O5. The Morgan fingerprint density at radius 1 is 1.00 bits per heavy atom. The zero-order valence-corrected chi connectivity index (χ0v) is 20.7. The molecule has 0 fully saturated rings. The summed E-state index contributed by atoms with van der Waals surface area (Å²) in [5.74, 6) is -0.440. The first-order chi connectivity index (χ1) is 17.0. The van der Waals surface area contributed by atoms with E-state index in [0.717, 1.165) is 5.56 Å². The summed E-state index contributed by atoms with van der Waals surface area (Å²) in [5.41, 5.74) is 1.28. The van der Waals surface area contributed by atoms with Gasteiger partial charge in [0.2, 0.25) is 0 Å². The number of rotatable bonds is 7. The van der Waals surface area contributed by atoms with Crippen LogP contribution >= 0.6 is 11.6 Å². The van der Waals surface area contributed by atoms with Crippen LogP contribution in [-0.4, -0.2) is 43.7 Å². The standard InChI is InChI=1S/C25H26ClN5O5/c1-25(2,3)36-23(33)28-19-10-11-20(26)29-21(19)30-22(32)18-8-6-16(7-9-18)14-31(24(34)35)15-17-5-4-12-27-13-17/h4-13H,14-15H2,1-3H3,(H,28,33)(H,34,35)(H,29,30,32). The van der Waals surface area contributed by atoms with Crippen LogP contribution in [0.15, 0.2) is 60.9 Å². The molecule has 0 atom stereocenters. The summed E-state index contributed by atoms with van der Waals surface area (Å²) in [6.45, 7) is 5.50. The number of ether oxygens (including phenoxy) is 1. The van der Waals surface area contributed by atoms with Crippen LogP contribution in [0.25, 0.3) is 0 Å². The number of amides is 3. The summed E-state index contributed by atoms with van der Waals surface area (Å²) in [5, 5.41) is 14.9. The van der Waals surface area contributed by atoms with E-state index < -0.39 is 23.7 Å². The van der Waals surface area contributed by atoms with E-state index in [9.17, 15) is 19.5 Å². The third-order valence-electron chi connectivity index (χ3n) is 4.69. The van der Waals surface area contributed by atoms with Crippen molar-refractivity contribution in [3.63, 3.8) is 0 Å². The fourth-order valence-corrected chi connectivity index (χ4v) is 3.26. The molecule has 0 aliphatic rings. The maximum absolute atomic E-state index is 12.8. The predicted octanol–water partition coefficient (Wildman–Crippen LogP) is 5.41. The summed E-state index contributed by atoms with van der Waals surface area (Å²) in [6.07, 6.45) is 1.45. The third kappa shape index (κ3) is 7.95. The van der Waals surface area contributed by atoms with Gasteiger partial charge in [-0.15, -0.1) is 0 Å². The van der Waals surface area contributed by atoms with Crippen molar-refractivity contribution in [2.75, 3.05) is 10.6 Å². The summed E-state index contributed by atoms with van der Waals surface area (Å²) in [7, 11) is 0. The normalized spacial score (nSPS) is 10.9. The van der Waals surface area contributed by atoms with Crippen LogP contribution in [0.4, 0.5) is 21.1 Å². The van der Waals surface area contributed by atoms with Gasteiger partial charge in [-0.3, -0.25) is 20.0 Å². The molecule has 0 spiro atoms. The predicted molar refractivity (Wildman–Crippen MR) is 135 cm³/mol. The molecule has 188 valence electrons. The monoisotopic (exact) mass is 511 g/mol. The van der Waals surface area contributed by atoms with Gasteiger partial charge in [-0.1, -0.05) is 29.8 Å². The van der Waals surface area contributed by atoms with Gasteiger partial charge in [0, 0.05) is 24.5 Å². The van der Waals surface area contributed by atoms with Crippen molar-refractivity contribution >= 4 is 41.2 Å². The van der Waals surface area contributed by atoms with Gasteiger partial charge < -0.3 is 15.2 Å². The van der Waals surface area contributed by atoms with Crippen LogP contribution < -0.4 is 10.6 Å². The quantitative estimate of drug-likeness (QED) is 0.361. The van der Waals surface area contributed by atoms with Gasteiger partial charge in [0.25, 0.3) is 5.91 Å². The summed E-state index contributed by atoms with van der Waals surface area (Å²) in [6, 6.07) is 13.0. The molecule has 11 heteroatoms. The Morgan fingerprint density at radius 3 is 2.31 bits per heavy atom. The van der Waals surface area contributed by atoms with Crippen molar-refractivity contribution in [1.82, 2.24) is 14.9 Å². The lowest BCUT2D eigenvalue weighted by molar-refractivity contribution is 0.0635. The minimum atomic E-state index is -1.07. The molecule has 0 saturated carbocycles. The summed E-state index contributed by atoms with van der Waals surface area (Å²) in [4.78, 5) is 46.0. The van der Waals surface area contributed by atoms with E-state index in [-0.39, 0.29) is 29.7 Å². The molecule has 3 amide bonds. The number of hydrogen-bond acceptors (Lipinski definition) is 6. The second-order valence-electron chi connectivity index (χ2n) is 8.81. The van der Waals surface area contributed by atoms with E-state index in [0.29, 0.717) is 11.1 Å². The molecule has 2 aromatic heterocycles. The zero-order chi connectivity index (χ0) is 26.3. The number of halogens is 1. The fraction of sp³-hybridized carbons (Fsp3) is 0.240. The highest BCUT2D eigenvalue weighted by atomic mass is 35.5. The van der Waals surface area contributed by atoms with Crippen molar-refractivity contribution in [3.8, 4) is 0 Å². The van der Waals surface area contributed by atoms with Crippen molar-refractivity contribution in [1.29, 1.82) is 0 Å². The Labute approximate surface area is 213 Å². The SMILES string of the molecule is CC(C)(C)OC(=O)Nc1ccc(Cl)nc1NC(=O)c1ccc(CN(Cc2cccnc2)C(=O)O)cc1. The number of nitrogens with zero attached hydrogens (tertiary/aromatic N) is 3. The number of nitrogens with one attached hydrogen (secondary N) is 2. The fourth-order valence-electron chi connectivity index (χ4n) is 3.11. The average molecular weight is 512 g/mol. The van der Waals surface area contributed by atoms with E-state index in [1.165, 1.54) is 17.0 Å².